The van der Waals surface area contributed by atoms with Crippen molar-refractivity contribution >= 4 is 28.5 Å². The van der Waals surface area contributed by atoms with Crippen molar-refractivity contribution in [2.75, 3.05) is 5.32 Å². The Labute approximate surface area is 223 Å². The van der Waals surface area contributed by atoms with Gasteiger partial charge in [-0.2, -0.15) is 0 Å². The van der Waals surface area contributed by atoms with E-state index in [-0.39, 0.29) is 23.3 Å². The molecule has 0 aliphatic heterocycles. The minimum absolute atomic E-state index is 0.0215. The molecule has 3 aromatic rings. The third-order valence-electron chi connectivity index (χ3n) is 10.7. The summed E-state index contributed by atoms with van der Waals surface area (Å²) in [5.41, 5.74) is 4.26. The lowest BCUT2D eigenvalue weighted by molar-refractivity contribution is -0.121. The molecule has 1 aromatic heterocycles. The highest BCUT2D eigenvalue weighted by Gasteiger charge is 2.51. The Bertz CT molecular complexity index is 1390. The van der Waals surface area contributed by atoms with E-state index in [0.717, 1.165) is 77.5 Å². The lowest BCUT2D eigenvalue weighted by Crippen LogP contribution is -2.59. The van der Waals surface area contributed by atoms with Gasteiger partial charge in [-0.3, -0.25) is 9.59 Å². The van der Waals surface area contributed by atoms with Crippen molar-refractivity contribution < 1.29 is 9.59 Å². The van der Waals surface area contributed by atoms with Crippen molar-refractivity contribution in [1.29, 1.82) is 0 Å². The molecule has 6 aliphatic rings. The Morgan fingerprint density at radius 2 is 1.58 bits per heavy atom. The van der Waals surface area contributed by atoms with Gasteiger partial charge in [0, 0.05) is 28.3 Å². The summed E-state index contributed by atoms with van der Waals surface area (Å²) in [5.74, 6) is 4.90. The van der Waals surface area contributed by atoms with Gasteiger partial charge in [0.2, 0.25) is 5.91 Å². The molecule has 6 fully saturated rings. The lowest BCUT2D eigenvalue weighted by atomic mass is 9.53. The molecule has 6 heteroatoms. The van der Waals surface area contributed by atoms with Crippen LogP contribution < -0.4 is 10.6 Å². The number of carbonyl (C=O) groups excluding carboxylic acids is 2. The summed E-state index contributed by atoms with van der Waals surface area (Å²) in [4.78, 5) is 34.3. The van der Waals surface area contributed by atoms with Crippen molar-refractivity contribution in [3.05, 3.63) is 48.0 Å². The molecule has 196 valence electrons. The molecule has 3 N–H and O–H groups in total. The number of fused-ring (bicyclic) bond motifs is 3. The Morgan fingerprint density at radius 1 is 0.842 bits per heavy atom. The summed E-state index contributed by atoms with van der Waals surface area (Å²) in [6.07, 6.45) is 12.4. The molecule has 38 heavy (non-hydrogen) atoms. The fourth-order valence-electron chi connectivity index (χ4n) is 9.38. The number of hydrogen-bond donors (Lipinski definition) is 3. The van der Waals surface area contributed by atoms with Gasteiger partial charge in [0.1, 0.15) is 5.82 Å². The average Bonchev–Trinajstić information content (AvgIpc) is 3.63. The Morgan fingerprint density at radius 3 is 2.24 bits per heavy atom. The van der Waals surface area contributed by atoms with Gasteiger partial charge in [-0.1, -0.05) is 18.6 Å². The summed E-state index contributed by atoms with van der Waals surface area (Å²) in [5, 5.41) is 6.63. The first-order chi connectivity index (χ1) is 18.5. The van der Waals surface area contributed by atoms with Crippen molar-refractivity contribution in [2.24, 2.45) is 35.5 Å². The molecule has 0 radical (unpaired) electrons. The van der Waals surface area contributed by atoms with E-state index in [9.17, 15) is 9.59 Å². The van der Waals surface area contributed by atoms with E-state index >= 15 is 0 Å². The molecule has 2 amide bonds. The van der Waals surface area contributed by atoms with Gasteiger partial charge in [0.25, 0.3) is 5.91 Å². The van der Waals surface area contributed by atoms with E-state index < -0.39 is 0 Å². The average molecular weight is 509 g/mol. The van der Waals surface area contributed by atoms with Crippen LogP contribution in [0, 0.1) is 35.5 Å². The monoisotopic (exact) mass is 508 g/mol. The fourth-order valence-corrected chi connectivity index (χ4v) is 9.38. The molecular weight excluding hydrogens is 472 g/mol. The van der Waals surface area contributed by atoms with Gasteiger partial charge in [0.05, 0.1) is 11.0 Å². The zero-order valence-corrected chi connectivity index (χ0v) is 21.8. The molecule has 6 nitrogen and oxygen atoms in total. The second-order valence-corrected chi connectivity index (χ2v) is 13.3. The van der Waals surface area contributed by atoms with E-state index in [0.29, 0.717) is 11.5 Å². The third-order valence-corrected chi connectivity index (χ3v) is 10.7. The van der Waals surface area contributed by atoms with Crippen LogP contribution in [-0.2, 0) is 4.79 Å². The van der Waals surface area contributed by atoms with Crippen LogP contribution in [-0.4, -0.2) is 27.3 Å². The second-order valence-electron chi connectivity index (χ2n) is 13.3. The lowest BCUT2D eigenvalue weighted by Gasteiger charge is -2.56. The van der Waals surface area contributed by atoms with Gasteiger partial charge >= 0.3 is 0 Å². The summed E-state index contributed by atoms with van der Waals surface area (Å²) in [7, 11) is 0. The number of amides is 2. The minimum Gasteiger partial charge on any atom is -0.347 e. The molecule has 6 bridgehead atoms. The van der Waals surface area contributed by atoms with E-state index in [1.165, 1.54) is 38.5 Å². The Balaban J connectivity index is 0.960. The molecule has 9 rings (SSSR count). The molecular formula is C32H36N4O2. The van der Waals surface area contributed by atoms with Gasteiger partial charge in [-0.05, 0) is 118 Å². The maximum absolute atomic E-state index is 13.2. The summed E-state index contributed by atoms with van der Waals surface area (Å²) in [6, 6.07) is 13.7. The molecule has 1 heterocycles. The quantitative estimate of drug-likeness (QED) is 0.378. The van der Waals surface area contributed by atoms with Crippen molar-refractivity contribution in [3.63, 3.8) is 0 Å². The number of aromatic nitrogens is 2. The number of hydrogen-bond acceptors (Lipinski definition) is 3. The number of carbonyl (C=O) groups is 2. The molecule has 6 aliphatic carbocycles. The normalized spacial score (nSPS) is 34.6. The molecule has 2 aromatic carbocycles. The number of nitrogens with zero attached hydrogens (tertiary/aromatic N) is 1. The third kappa shape index (κ3) is 3.87. The Kier molecular flexibility index (Phi) is 5.05. The Hall–Kier alpha value is -3.15. The largest absolute Gasteiger partial charge is 0.347 e. The number of rotatable bonds is 5. The van der Waals surface area contributed by atoms with Crippen molar-refractivity contribution in [3.8, 4) is 11.4 Å². The predicted molar refractivity (Wildman–Crippen MR) is 147 cm³/mol. The highest BCUT2D eigenvalue weighted by atomic mass is 16.2. The van der Waals surface area contributed by atoms with Gasteiger partial charge < -0.3 is 15.6 Å². The predicted octanol–water partition coefficient (Wildman–Crippen LogP) is 6.30. The van der Waals surface area contributed by atoms with Crippen LogP contribution in [0.25, 0.3) is 22.4 Å². The number of benzene rings is 2. The van der Waals surface area contributed by atoms with Gasteiger partial charge in [0.15, 0.2) is 0 Å². The van der Waals surface area contributed by atoms with E-state index in [1.54, 1.807) is 0 Å². The molecule has 3 atom stereocenters. The van der Waals surface area contributed by atoms with Crippen LogP contribution in [0.3, 0.4) is 0 Å². The maximum atomic E-state index is 13.2. The van der Waals surface area contributed by atoms with E-state index in [2.05, 4.69) is 15.6 Å². The number of nitrogens with one attached hydrogen (secondary N) is 3. The smallest absolute Gasteiger partial charge is 0.251 e. The van der Waals surface area contributed by atoms with Gasteiger partial charge in [-0.25, -0.2) is 4.98 Å². The van der Waals surface area contributed by atoms with Crippen LogP contribution in [0.4, 0.5) is 5.69 Å². The van der Waals surface area contributed by atoms with E-state index in [4.69, 9.17) is 4.98 Å². The van der Waals surface area contributed by atoms with E-state index in [1.807, 2.05) is 42.5 Å². The molecule has 0 saturated heterocycles. The number of H-pyrrole nitrogens is 1. The first kappa shape index (κ1) is 22.8. The number of anilines is 1. The van der Waals surface area contributed by atoms with Crippen LogP contribution in [0.15, 0.2) is 42.5 Å². The highest BCUT2D eigenvalue weighted by Crippen LogP contribution is 2.55. The molecule has 6 saturated carbocycles. The first-order valence-corrected chi connectivity index (χ1v) is 14.7. The summed E-state index contributed by atoms with van der Waals surface area (Å²) < 4.78 is 0. The van der Waals surface area contributed by atoms with Crippen LogP contribution in [0.2, 0.25) is 0 Å². The van der Waals surface area contributed by atoms with Crippen molar-refractivity contribution in [1.82, 2.24) is 15.3 Å². The fraction of sp³-hybridized carbons (Fsp3) is 0.531. The second kappa shape index (κ2) is 8.42. The minimum atomic E-state index is 0.0215. The van der Waals surface area contributed by atoms with Crippen molar-refractivity contribution in [2.45, 2.75) is 69.7 Å². The summed E-state index contributed by atoms with van der Waals surface area (Å²) in [6.45, 7) is 0. The number of aromatic amines is 1. The highest BCUT2D eigenvalue weighted by molar-refractivity contribution is 5.96. The van der Waals surface area contributed by atoms with Crippen LogP contribution >= 0.6 is 0 Å². The molecule has 0 spiro atoms. The van der Waals surface area contributed by atoms with Crippen LogP contribution in [0.5, 0.6) is 0 Å². The zero-order chi connectivity index (χ0) is 25.4. The zero-order valence-electron chi connectivity index (χ0n) is 21.8. The standard InChI is InChI=1S/C32H36N4O2/c37-30(36-32-15-19-9-20(16-32)11-21(10-19)17-32)23-5-3-22(4-6-23)29-34-27-8-7-25(14-28(27)35-29)33-31(38)26-13-18-1-2-24(26)12-18/h3-8,14,18-21,24,26H,1-2,9-13,15-17H2,(H,33,38)(H,34,35)(H,36,37). The number of imidazole rings is 1. The topological polar surface area (TPSA) is 86.9 Å². The SMILES string of the molecule is O=C(NC12CC3CC(CC(C3)C1)C2)c1ccc(-c2nc3ccc(NC(=O)C4CC5CCC4C5)cc3[nH]2)cc1. The maximum Gasteiger partial charge on any atom is 0.251 e. The van der Waals surface area contributed by atoms with Gasteiger partial charge in [-0.15, -0.1) is 0 Å². The molecule has 3 unspecified atom stereocenters. The van der Waals surface area contributed by atoms with Crippen LogP contribution in [0.1, 0.15) is 74.6 Å². The summed E-state index contributed by atoms with van der Waals surface area (Å²) >= 11 is 0. The first-order valence-electron chi connectivity index (χ1n) is 14.7.